The molecular formula is C12H10N4O. The minimum Gasteiger partial charge on any atom is -0.438 e. The quantitative estimate of drug-likeness (QED) is 0.815. The second-order valence-corrected chi connectivity index (χ2v) is 3.34. The molecule has 0 unspecified atom stereocenters. The number of benzene rings is 1. The van der Waals surface area contributed by atoms with Gasteiger partial charge in [0.1, 0.15) is 23.2 Å². The average molecular weight is 226 g/mol. The van der Waals surface area contributed by atoms with Crippen molar-refractivity contribution in [3.8, 4) is 17.7 Å². The zero-order chi connectivity index (χ0) is 12.3. The highest BCUT2D eigenvalue weighted by Gasteiger charge is 2.11. The number of para-hydroxylation sites is 1. The first-order valence-electron chi connectivity index (χ1n) is 4.89. The molecule has 0 aliphatic carbocycles. The zero-order valence-electron chi connectivity index (χ0n) is 8.92. The predicted octanol–water partition coefficient (Wildman–Crippen LogP) is 1.91. The summed E-state index contributed by atoms with van der Waals surface area (Å²) in [6.45, 7) is 0. The minimum absolute atomic E-state index is 0.121. The normalized spacial score (nSPS) is 9.59. The Morgan fingerprint density at radius 1 is 1.18 bits per heavy atom. The maximum atomic E-state index is 8.98. The maximum absolute atomic E-state index is 8.98. The summed E-state index contributed by atoms with van der Waals surface area (Å²) in [5, 5.41) is 8.98. The predicted molar refractivity (Wildman–Crippen MR) is 64.3 cm³/mol. The molecule has 0 fully saturated rings. The number of anilines is 2. The van der Waals surface area contributed by atoms with Crippen molar-refractivity contribution in [1.29, 1.82) is 5.26 Å². The third-order valence-corrected chi connectivity index (χ3v) is 2.11. The molecule has 4 N–H and O–H groups in total. The highest BCUT2D eigenvalue weighted by molar-refractivity contribution is 5.63. The summed E-state index contributed by atoms with van der Waals surface area (Å²) in [6.07, 6.45) is 0. The number of rotatable bonds is 2. The van der Waals surface area contributed by atoms with E-state index in [1.165, 1.54) is 6.07 Å². The monoisotopic (exact) mass is 226 g/mol. The van der Waals surface area contributed by atoms with Crippen LogP contribution in [0, 0.1) is 11.3 Å². The zero-order valence-corrected chi connectivity index (χ0v) is 8.92. The summed E-state index contributed by atoms with van der Waals surface area (Å²) >= 11 is 0. The Kier molecular flexibility index (Phi) is 2.79. The summed E-state index contributed by atoms with van der Waals surface area (Å²) in [5.41, 5.74) is 11.7. The molecule has 0 atom stereocenters. The Bertz CT molecular complexity index is 575. The summed E-state index contributed by atoms with van der Waals surface area (Å²) in [5.74, 6) is 0.908. The fourth-order valence-corrected chi connectivity index (χ4v) is 1.35. The molecule has 1 heterocycles. The molecule has 84 valence electrons. The van der Waals surface area contributed by atoms with Crippen LogP contribution in [-0.2, 0) is 0 Å². The second kappa shape index (κ2) is 4.41. The van der Waals surface area contributed by atoms with E-state index in [0.29, 0.717) is 5.75 Å². The van der Waals surface area contributed by atoms with Crippen LogP contribution < -0.4 is 16.2 Å². The Morgan fingerprint density at radius 3 is 2.53 bits per heavy atom. The lowest BCUT2D eigenvalue weighted by atomic mass is 10.2. The van der Waals surface area contributed by atoms with E-state index in [-0.39, 0.29) is 22.9 Å². The fraction of sp³-hybridized carbons (Fsp3) is 0. The van der Waals surface area contributed by atoms with Crippen LogP contribution in [-0.4, -0.2) is 4.98 Å². The maximum Gasteiger partial charge on any atom is 0.241 e. The van der Waals surface area contributed by atoms with Gasteiger partial charge in [-0.05, 0) is 12.1 Å². The van der Waals surface area contributed by atoms with Crippen molar-refractivity contribution in [2.75, 3.05) is 11.5 Å². The van der Waals surface area contributed by atoms with Gasteiger partial charge in [-0.25, -0.2) is 0 Å². The van der Waals surface area contributed by atoms with Crippen molar-refractivity contribution in [2.45, 2.75) is 0 Å². The van der Waals surface area contributed by atoms with Crippen molar-refractivity contribution >= 4 is 11.5 Å². The Labute approximate surface area is 98.3 Å². The first kappa shape index (κ1) is 10.8. The number of nitrogens with zero attached hydrogens (tertiary/aromatic N) is 2. The lowest BCUT2D eigenvalue weighted by Gasteiger charge is -2.08. The number of aromatic nitrogens is 1. The summed E-state index contributed by atoms with van der Waals surface area (Å²) < 4.78 is 5.47. The van der Waals surface area contributed by atoms with Crippen molar-refractivity contribution in [3.05, 3.63) is 42.0 Å². The van der Waals surface area contributed by atoms with Crippen molar-refractivity contribution < 1.29 is 4.74 Å². The molecule has 0 spiro atoms. The lowest BCUT2D eigenvalue weighted by Crippen LogP contribution is -2.01. The second-order valence-electron chi connectivity index (χ2n) is 3.34. The molecule has 1 aromatic carbocycles. The van der Waals surface area contributed by atoms with Crippen LogP contribution in [0.1, 0.15) is 5.56 Å². The van der Waals surface area contributed by atoms with E-state index in [1.54, 1.807) is 12.1 Å². The molecule has 5 nitrogen and oxygen atoms in total. The van der Waals surface area contributed by atoms with Gasteiger partial charge in [-0.3, -0.25) is 0 Å². The molecule has 0 amide bonds. The number of hydrogen-bond acceptors (Lipinski definition) is 5. The van der Waals surface area contributed by atoms with Gasteiger partial charge in [0.2, 0.25) is 5.88 Å². The number of nitrogen functional groups attached to an aromatic ring is 2. The van der Waals surface area contributed by atoms with Crippen molar-refractivity contribution in [2.24, 2.45) is 0 Å². The van der Waals surface area contributed by atoms with E-state index in [0.717, 1.165) is 0 Å². The van der Waals surface area contributed by atoms with Gasteiger partial charge in [0.05, 0.1) is 5.69 Å². The average Bonchev–Trinajstić information content (AvgIpc) is 2.30. The highest BCUT2D eigenvalue weighted by atomic mass is 16.5. The van der Waals surface area contributed by atoms with Crippen LogP contribution in [0.15, 0.2) is 36.4 Å². The van der Waals surface area contributed by atoms with Gasteiger partial charge in [-0.15, -0.1) is 0 Å². The van der Waals surface area contributed by atoms with Crippen LogP contribution in [0.25, 0.3) is 0 Å². The third kappa shape index (κ3) is 2.26. The number of nitrogens with two attached hydrogens (primary N) is 2. The molecule has 2 aromatic rings. The number of hydrogen-bond donors (Lipinski definition) is 2. The Hall–Kier alpha value is -2.74. The van der Waals surface area contributed by atoms with Gasteiger partial charge in [-0.2, -0.15) is 10.2 Å². The number of nitriles is 1. The number of ether oxygens (including phenoxy) is 1. The van der Waals surface area contributed by atoms with Gasteiger partial charge < -0.3 is 16.2 Å². The molecule has 0 radical (unpaired) electrons. The van der Waals surface area contributed by atoms with Crippen LogP contribution in [0.4, 0.5) is 11.5 Å². The van der Waals surface area contributed by atoms with E-state index in [1.807, 2.05) is 24.3 Å². The van der Waals surface area contributed by atoms with E-state index >= 15 is 0 Å². The molecule has 17 heavy (non-hydrogen) atoms. The highest BCUT2D eigenvalue weighted by Crippen LogP contribution is 2.27. The smallest absolute Gasteiger partial charge is 0.241 e. The Balaban J connectivity index is 2.43. The van der Waals surface area contributed by atoms with E-state index in [4.69, 9.17) is 21.5 Å². The topological polar surface area (TPSA) is 98.0 Å². The van der Waals surface area contributed by atoms with E-state index in [2.05, 4.69) is 4.98 Å². The third-order valence-electron chi connectivity index (χ3n) is 2.11. The summed E-state index contributed by atoms with van der Waals surface area (Å²) in [6, 6.07) is 12.4. The van der Waals surface area contributed by atoms with Crippen LogP contribution in [0.5, 0.6) is 11.6 Å². The van der Waals surface area contributed by atoms with E-state index < -0.39 is 0 Å². The summed E-state index contributed by atoms with van der Waals surface area (Å²) in [7, 11) is 0. The standard InChI is InChI=1S/C12H10N4O/c13-7-9-10(14)6-11(15)16-12(9)17-8-4-2-1-3-5-8/h1-6H,(H4,14,15,16). The van der Waals surface area contributed by atoms with Gasteiger partial charge >= 0.3 is 0 Å². The minimum atomic E-state index is 0.121. The lowest BCUT2D eigenvalue weighted by molar-refractivity contribution is 0.462. The van der Waals surface area contributed by atoms with Crippen molar-refractivity contribution in [1.82, 2.24) is 4.98 Å². The van der Waals surface area contributed by atoms with Gasteiger partial charge in [0.25, 0.3) is 0 Å². The first-order valence-corrected chi connectivity index (χ1v) is 4.89. The number of pyridine rings is 1. The molecular weight excluding hydrogens is 216 g/mol. The van der Waals surface area contributed by atoms with Crippen LogP contribution in [0.3, 0.4) is 0 Å². The van der Waals surface area contributed by atoms with Crippen LogP contribution >= 0.6 is 0 Å². The molecule has 0 bridgehead atoms. The molecule has 0 saturated carbocycles. The van der Waals surface area contributed by atoms with Crippen LogP contribution in [0.2, 0.25) is 0 Å². The molecule has 0 aliphatic rings. The molecule has 2 rings (SSSR count). The largest absolute Gasteiger partial charge is 0.438 e. The molecule has 5 heteroatoms. The van der Waals surface area contributed by atoms with Gasteiger partial charge in [0, 0.05) is 6.07 Å². The van der Waals surface area contributed by atoms with Gasteiger partial charge in [-0.1, -0.05) is 18.2 Å². The first-order chi connectivity index (χ1) is 8.20. The summed E-state index contributed by atoms with van der Waals surface area (Å²) in [4.78, 5) is 3.95. The molecule has 0 saturated heterocycles. The fourth-order valence-electron chi connectivity index (χ4n) is 1.35. The van der Waals surface area contributed by atoms with Crippen molar-refractivity contribution in [3.63, 3.8) is 0 Å². The molecule has 0 aliphatic heterocycles. The molecule has 1 aromatic heterocycles. The van der Waals surface area contributed by atoms with Gasteiger partial charge in [0.15, 0.2) is 0 Å². The SMILES string of the molecule is N#Cc1c(N)cc(N)nc1Oc1ccccc1. The Morgan fingerprint density at radius 2 is 1.88 bits per heavy atom. The van der Waals surface area contributed by atoms with E-state index in [9.17, 15) is 0 Å².